The molecule has 1 aliphatic heterocycles. The molecule has 1 saturated carbocycles. The van der Waals surface area contributed by atoms with E-state index in [1.54, 1.807) is 11.3 Å². The van der Waals surface area contributed by atoms with Gasteiger partial charge < -0.3 is 5.32 Å². The molecule has 1 saturated heterocycles. The van der Waals surface area contributed by atoms with E-state index in [2.05, 4.69) is 10.3 Å². The summed E-state index contributed by atoms with van der Waals surface area (Å²) in [6.45, 7) is 2.27. The summed E-state index contributed by atoms with van der Waals surface area (Å²) in [7, 11) is -3.37. The van der Waals surface area contributed by atoms with Crippen LogP contribution in [0.15, 0.2) is 18.2 Å². The molecule has 1 atom stereocenters. The molecule has 2 aliphatic rings. The average Bonchev–Trinajstić information content (AvgIpc) is 3.16. The van der Waals surface area contributed by atoms with Crippen molar-refractivity contribution in [3.63, 3.8) is 0 Å². The zero-order chi connectivity index (χ0) is 18.3. The minimum atomic E-state index is -3.37. The summed E-state index contributed by atoms with van der Waals surface area (Å²) in [5.74, 6) is 0.461. The van der Waals surface area contributed by atoms with Gasteiger partial charge in [-0.05, 0) is 50.3 Å². The van der Waals surface area contributed by atoms with Gasteiger partial charge in [-0.15, -0.1) is 11.3 Å². The molecule has 2 heterocycles. The summed E-state index contributed by atoms with van der Waals surface area (Å²) in [5, 5.41) is 4.09. The van der Waals surface area contributed by atoms with Crippen LogP contribution >= 0.6 is 11.3 Å². The van der Waals surface area contributed by atoms with Crippen molar-refractivity contribution in [1.29, 1.82) is 0 Å². The van der Waals surface area contributed by atoms with Crippen molar-refractivity contribution in [1.82, 2.24) is 9.29 Å². The molecular weight excluding hydrogens is 370 g/mol. The minimum Gasteiger partial charge on any atom is -0.325 e. The second kappa shape index (κ2) is 6.90. The number of rotatable bonds is 6. The molecule has 1 N–H and O–H groups in total. The zero-order valence-electron chi connectivity index (χ0n) is 14.8. The quantitative estimate of drug-likeness (QED) is 0.816. The van der Waals surface area contributed by atoms with Crippen LogP contribution in [0.1, 0.15) is 50.0 Å². The van der Waals surface area contributed by atoms with Gasteiger partial charge in [-0.1, -0.05) is 6.92 Å². The second-order valence-electron chi connectivity index (χ2n) is 7.08. The number of anilines is 1. The van der Waals surface area contributed by atoms with Crippen LogP contribution in [0.25, 0.3) is 10.2 Å². The monoisotopic (exact) mass is 393 g/mol. The molecule has 4 rings (SSSR count). The van der Waals surface area contributed by atoms with Crippen molar-refractivity contribution in [2.45, 2.75) is 51.0 Å². The number of nitrogens with zero attached hydrogens (tertiary/aromatic N) is 2. The first kappa shape index (κ1) is 17.9. The molecule has 2 aromatic rings. The van der Waals surface area contributed by atoms with Crippen LogP contribution in [0.4, 0.5) is 5.69 Å². The highest BCUT2D eigenvalue weighted by atomic mass is 32.2. The smallest absolute Gasteiger partial charge is 0.242 e. The van der Waals surface area contributed by atoms with Crippen LogP contribution in [0, 0.1) is 0 Å². The molecule has 0 radical (unpaired) electrons. The SMILES string of the molecule is CCCS(=O)(=O)N1CCC[C@@H]1C(=O)Nc1ccc2nc(C3CC3)sc2c1. The number of fused-ring (bicyclic) bond motifs is 1. The first-order valence-electron chi connectivity index (χ1n) is 9.19. The number of benzene rings is 1. The Balaban J connectivity index is 1.51. The molecule has 0 unspecified atom stereocenters. The lowest BCUT2D eigenvalue weighted by Crippen LogP contribution is -2.44. The maximum atomic E-state index is 12.7. The number of carbonyl (C=O) groups is 1. The van der Waals surface area contributed by atoms with Crippen molar-refractivity contribution in [3.05, 3.63) is 23.2 Å². The van der Waals surface area contributed by atoms with E-state index in [9.17, 15) is 13.2 Å². The van der Waals surface area contributed by atoms with Crippen molar-refractivity contribution < 1.29 is 13.2 Å². The molecule has 6 nitrogen and oxygen atoms in total. The maximum Gasteiger partial charge on any atom is 0.242 e. The van der Waals surface area contributed by atoms with Crippen molar-refractivity contribution in [3.8, 4) is 0 Å². The first-order chi connectivity index (χ1) is 12.5. The molecule has 2 fully saturated rings. The van der Waals surface area contributed by atoms with Gasteiger partial charge in [-0.25, -0.2) is 13.4 Å². The van der Waals surface area contributed by atoms with E-state index < -0.39 is 16.1 Å². The van der Waals surface area contributed by atoms with E-state index in [1.165, 1.54) is 22.2 Å². The number of amides is 1. The van der Waals surface area contributed by atoms with E-state index in [4.69, 9.17) is 0 Å². The molecule has 1 aliphatic carbocycles. The van der Waals surface area contributed by atoms with Crippen molar-refractivity contribution in [2.75, 3.05) is 17.6 Å². The molecule has 0 bridgehead atoms. The van der Waals surface area contributed by atoms with Crippen LogP contribution < -0.4 is 5.32 Å². The van der Waals surface area contributed by atoms with Crippen molar-refractivity contribution >= 4 is 43.2 Å². The largest absolute Gasteiger partial charge is 0.325 e. The fourth-order valence-electron chi connectivity index (χ4n) is 3.46. The van der Waals surface area contributed by atoms with Gasteiger partial charge in [0.05, 0.1) is 21.0 Å². The van der Waals surface area contributed by atoms with Crippen molar-refractivity contribution in [2.24, 2.45) is 0 Å². The molecule has 1 aromatic carbocycles. The highest BCUT2D eigenvalue weighted by molar-refractivity contribution is 7.89. The highest BCUT2D eigenvalue weighted by Crippen LogP contribution is 2.43. The van der Waals surface area contributed by atoms with Crippen LogP contribution in [-0.4, -0.2) is 42.0 Å². The first-order valence-corrected chi connectivity index (χ1v) is 11.6. The lowest BCUT2D eigenvalue weighted by atomic mass is 10.2. The Morgan fingerprint density at radius 1 is 1.35 bits per heavy atom. The number of nitrogens with one attached hydrogen (secondary N) is 1. The highest BCUT2D eigenvalue weighted by Gasteiger charge is 2.38. The number of aromatic nitrogens is 1. The van der Waals surface area contributed by atoms with Gasteiger partial charge in [0.25, 0.3) is 0 Å². The zero-order valence-corrected chi connectivity index (χ0v) is 16.4. The molecule has 1 amide bonds. The van der Waals surface area contributed by atoms with Gasteiger partial charge in [-0.3, -0.25) is 4.79 Å². The predicted molar refractivity (Wildman–Crippen MR) is 104 cm³/mol. The number of sulfonamides is 1. The van der Waals surface area contributed by atoms with E-state index in [1.807, 2.05) is 25.1 Å². The topological polar surface area (TPSA) is 79.4 Å². The average molecular weight is 394 g/mol. The second-order valence-corrected chi connectivity index (χ2v) is 10.2. The number of hydrogen-bond donors (Lipinski definition) is 1. The summed E-state index contributed by atoms with van der Waals surface area (Å²) < 4.78 is 27.2. The van der Waals surface area contributed by atoms with Crippen LogP contribution in [0.3, 0.4) is 0 Å². The molecule has 8 heteroatoms. The van der Waals surface area contributed by atoms with E-state index in [-0.39, 0.29) is 11.7 Å². The van der Waals surface area contributed by atoms with Gasteiger partial charge in [-0.2, -0.15) is 4.31 Å². The van der Waals surface area contributed by atoms with E-state index in [0.29, 0.717) is 31.0 Å². The molecule has 0 spiro atoms. The summed E-state index contributed by atoms with van der Waals surface area (Å²) in [4.78, 5) is 17.4. The van der Waals surface area contributed by atoms with E-state index in [0.717, 1.165) is 16.6 Å². The standard InChI is InChI=1S/C18H23N3O3S2/c1-2-10-26(23,24)21-9-3-4-15(21)17(22)19-13-7-8-14-16(11-13)25-18(20-14)12-5-6-12/h7-8,11-12,15H,2-6,9-10H2,1H3,(H,19,22)/t15-/m1/s1. The Kier molecular flexibility index (Phi) is 4.75. The van der Waals surface area contributed by atoms with Gasteiger partial charge >= 0.3 is 0 Å². The normalized spacial score (nSPS) is 21.3. The Hall–Kier alpha value is -1.51. The predicted octanol–water partition coefficient (Wildman–Crippen LogP) is 3.32. The van der Waals surface area contributed by atoms with Gasteiger partial charge in [0.15, 0.2) is 0 Å². The third-order valence-corrected chi connectivity index (χ3v) is 8.18. The molecule has 26 heavy (non-hydrogen) atoms. The molecule has 140 valence electrons. The van der Waals surface area contributed by atoms with Gasteiger partial charge in [0.2, 0.25) is 15.9 Å². The third-order valence-electron chi connectivity index (χ3n) is 4.92. The van der Waals surface area contributed by atoms with Gasteiger partial charge in [0.1, 0.15) is 6.04 Å². The number of thiazole rings is 1. The fourth-order valence-corrected chi connectivity index (χ4v) is 6.38. The summed E-state index contributed by atoms with van der Waals surface area (Å²) in [6, 6.07) is 5.10. The Morgan fingerprint density at radius 2 is 2.15 bits per heavy atom. The van der Waals surface area contributed by atoms with Crippen LogP contribution in [-0.2, 0) is 14.8 Å². The summed E-state index contributed by atoms with van der Waals surface area (Å²) in [6.07, 6.45) is 4.28. The van der Waals surface area contributed by atoms with E-state index >= 15 is 0 Å². The number of carbonyl (C=O) groups excluding carboxylic acids is 1. The van der Waals surface area contributed by atoms with Gasteiger partial charge in [0, 0.05) is 18.2 Å². The third kappa shape index (κ3) is 3.50. The summed E-state index contributed by atoms with van der Waals surface area (Å²) in [5.41, 5.74) is 1.66. The Labute approximate surface area is 157 Å². The number of hydrogen-bond acceptors (Lipinski definition) is 5. The Bertz CT molecular complexity index is 934. The lowest BCUT2D eigenvalue weighted by molar-refractivity contribution is -0.119. The summed E-state index contributed by atoms with van der Waals surface area (Å²) >= 11 is 1.68. The minimum absolute atomic E-state index is 0.0908. The molecular formula is C18H23N3O3S2. The van der Waals surface area contributed by atoms with Crippen LogP contribution in [0.2, 0.25) is 0 Å². The fraction of sp³-hybridized carbons (Fsp3) is 0.556. The van der Waals surface area contributed by atoms with Crippen LogP contribution in [0.5, 0.6) is 0 Å². The molecule has 1 aromatic heterocycles. The maximum absolute atomic E-state index is 12.7. The Morgan fingerprint density at radius 3 is 2.88 bits per heavy atom. The lowest BCUT2D eigenvalue weighted by Gasteiger charge is -2.23.